The Kier molecular flexibility index (Phi) is 9.24. The van der Waals surface area contributed by atoms with Gasteiger partial charge in [-0.25, -0.2) is 0 Å². The highest BCUT2D eigenvalue weighted by Gasteiger charge is 2.36. The lowest BCUT2D eigenvalue weighted by Crippen LogP contribution is -2.17. The first kappa shape index (κ1) is 36.0. The Labute approximate surface area is 347 Å². The summed E-state index contributed by atoms with van der Waals surface area (Å²) in [5.41, 5.74) is 19.0. The minimum absolute atomic E-state index is 0.200. The molecular weight excluding hydrogens is 713 g/mol. The molecule has 0 saturated carbocycles. The van der Waals surface area contributed by atoms with Crippen molar-refractivity contribution in [3.8, 4) is 44.5 Å². The van der Waals surface area contributed by atoms with Crippen LogP contribution >= 0.6 is 0 Å². The highest BCUT2D eigenvalue weighted by molar-refractivity contribution is 5.89. The van der Waals surface area contributed by atoms with E-state index < -0.39 is 0 Å². The van der Waals surface area contributed by atoms with E-state index in [4.69, 9.17) is 0 Å². The molecule has 0 N–H and O–H groups in total. The number of hydrogen-bond donors (Lipinski definition) is 0. The van der Waals surface area contributed by atoms with Gasteiger partial charge < -0.3 is 9.80 Å². The summed E-state index contributed by atoms with van der Waals surface area (Å²) >= 11 is 0. The lowest BCUT2D eigenvalue weighted by atomic mass is 9.82. The SMILES string of the molecule is CC1(C)c2ccc(N(c3ccccc3)c3ccc(-c4ccccc4)cc3)cc2-c2ccc(N(c3ccc(-c4ccccc4)cc3)c3ccc(-c4ccccc4)cc3)cc21. The zero-order chi connectivity index (χ0) is 39.8. The van der Waals surface area contributed by atoms with E-state index in [0.29, 0.717) is 0 Å². The van der Waals surface area contributed by atoms with E-state index in [9.17, 15) is 0 Å². The quantitative estimate of drug-likeness (QED) is 0.145. The monoisotopic (exact) mass is 756 g/mol. The van der Waals surface area contributed by atoms with Crippen LogP contribution in [0.3, 0.4) is 0 Å². The molecule has 0 atom stereocenters. The van der Waals surface area contributed by atoms with E-state index in [-0.39, 0.29) is 5.41 Å². The van der Waals surface area contributed by atoms with Crippen LogP contribution in [0.15, 0.2) is 231 Å². The summed E-state index contributed by atoms with van der Waals surface area (Å²) in [6.45, 7) is 4.73. The van der Waals surface area contributed by atoms with Crippen molar-refractivity contribution in [1.82, 2.24) is 0 Å². The first-order valence-electron chi connectivity index (χ1n) is 20.4. The Morgan fingerprint density at radius 2 is 0.576 bits per heavy atom. The average molecular weight is 757 g/mol. The van der Waals surface area contributed by atoms with Gasteiger partial charge in [-0.15, -0.1) is 0 Å². The third kappa shape index (κ3) is 6.79. The maximum atomic E-state index is 2.42. The van der Waals surface area contributed by atoms with Crippen LogP contribution in [0.1, 0.15) is 25.0 Å². The number of rotatable bonds is 9. The molecule has 0 spiro atoms. The topological polar surface area (TPSA) is 6.48 Å². The molecule has 0 aromatic heterocycles. The molecule has 0 radical (unpaired) electrons. The Balaban J connectivity index is 1.05. The summed E-state index contributed by atoms with van der Waals surface area (Å²) in [7, 11) is 0. The number of anilines is 6. The van der Waals surface area contributed by atoms with Gasteiger partial charge in [0.2, 0.25) is 0 Å². The van der Waals surface area contributed by atoms with Gasteiger partial charge in [-0.3, -0.25) is 0 Å². The summed E-state index contributed by atoms with van der Waals surface area (Å²) in [6.07, 6.45) is 0. The van der Waals surface area contributed by atoms with E-state index >= 15 is 0 Å². The highest BCUT2D eigenvalue weighted by atomic mass is 15.1. The largest absolute Gasteiger partial charge is 0.310 e. The Morgan fingerprint density at radius 3 is 1.00 bits per heavy atom. The second-order valence-electron chi connectivity index (χ2n) is 15.8. The molecule has 0 amide bonds. The normalized spacial score (nSPS) is 12.4. The number of nitrogens with zero attached hydrogens (tertiary/aromatic N) is 2. The Hall–Kier alpha value is -7.42. The smallest absolute Gasteiger partial charge is 0.0468 e. The molecule has 9 aromatic carbocycles. The van der Waals surface area contributed by atoms with Crippen molar-refractivity contribution in [2.45, 2.75) is 19.3 Å². The summed E-state index contributed by atoms with van der Waals surface area (Å²) in [5.74, 6) is 0. The highest BCUT2D eigenvalue weighted by Crippen LogP contribution is 2.52. The van der Waals surface area contributed by atoms with Crippen LogP contribution in [-0.4, -0.2) is 0 Å². The molecule has 0 heterocycles. The van der Waals surface area contributed by atoms with Gasteiger partial charge in [-0.1, -0.05) is 172 Å². The number of benzene rings is 9. The van der Waals surface area contributed by atoms with Gasteiger partial charge in [0.1, 0.15) is 0 Å². The van der Waals surface area contributed by atoms with E-state index in [1.54, 1.807) is 0 Å². The lowest BCUT2D eigenvalue weighted by molar-refractivity contribution is 0.660. The van der Waals surface area contributed by atoms with Crippen molar-refractivity contribution >= 4 is 34.1 Å². The molecule has 282 valence electrons. The predicted molar refractivity (Wildman–Crippen MR) is 250 cm³/mol. The van der Waals surface area contributed by atoms with Gasteiger partial charge in [0.05, 0.1) is 0 Å². The van der Waals surface area contributed by atoms with E-state index in [0.717, 1.165) is 34.1 Å². The minimum atomic E-state index is -0.200. The summed E-state index contributed by atoms with van der Waals surface area (Å²) in [5, 5.41) is 0. The van der Waals surface area contributed by atoms with Crippen LogP contribution in [0.5, 0.6) is 0 Å². The lowest BCUT2D eigenvalue weighted by Gasteiger charge is -2.28. The second kappa shape index (κ2) is 15.2. The van der Waals surface area contributed by atoms with Crippen LogP contribution in [0, 0.1) is 0 Å². The van der Waals surface area contributed by atoms with Gasteiger partial charge in [-0.05, 0) is 128 Å². The van der Waals surface area contributed by atoms with Crippen molar-refractivity contribution in [2.75, 3.05) is 9.80 Å². The molecule has 0 aliphatic heterocycles. The van der Waals surface area contributed by atoms with Gasteiger partial charge in [0.25, 0.3) is 0 Å². The van der Waals surface area contributed by atoms with Crippen molar-refractivity contribution in [1.29, 1.82) is 0 Å². The van der Waals surface area contributed by atoms with Gasteiger partial charge in [0.15, 0.2) is 0 Å². The number of fused-ring (bicyclic) bond motifs is 3. The fraction of sp³-hybridized carbons (Fsp3) is 0.0526. The van der Waals surface area contributed by atoms with Crippen LogP contribution in [0.4, 0.5) is 34.1 Å². The maximum Gasteiger partial charge on any atom is 0.0468 e. The molecule has 1 aliphatic carbocycles. The zero-order valence-electron chi connectivity index (χ0n) is 33.3. The van der Waals surface area contributed by atoms with Crippen LogP contribution in [0.25, 0.3) is 44.5 Å². The fourth-order valence-corrected chi connectivity index (χ4v) is 8.78. The maximum absolute atomic E-state index is 2.42. The van der Waals surface area contributed by atoms with Crippen molar-refractivity contribution in [2.24, 2.45) is 0 Å². The second-order valence-corrected chi connectivity index (χ2v) is 15.8. The van der Waals surface area contributed by atoms with E-state index in [2.05, 4.69) is 254 Å². The molecule has 2 heteroatoms. The van der Waals surface area contributed by atoms with Crippen LogP contribution in [0.2, 0.25) is 0 Å². The zero-order valence-corrected chi connectivity index (χ0v) is 33.3. The molecule has 1 aliphatic rings. The summed E-state index contributed by atoms with van der Waals surface area (Å²) < 4.78 is 0. The molecule has 0 saturated heterocycles. The molecule has 10 rings (SSSR count). The standard InChI is InChI=1S/C57H44N2/c1-57(2)55-38-36-51(58(47-21-13-6-14-22-47)48-29-23-44(24-30-48)41-15-7-3-8-16-41)39-54(55)53-37-35-52(40-56(53)57)59(49-31-25-45(26-32-49)42-17-9-4-10-18-42)50-33-27-46(28-34-50)43-19-11-5-12-20-43/h3-40H,1-2H3. The molecule has 59 heavy (non-hydrogen) atoms. The molecule has 2 nitrogen and oxygen atoms in total. The van der Waals surface area contributed by atoms with E-state index in [1.807, 2.05) is 0 Å². The first-order valence-corrected chi connectivity index (χ1v) is 20.4. The molecule has 0 unspecified atom stereocenters. The molecule has 9 aromatic rings. The minimum Gasteiger partial charge on any atom is -0.310 e. The average Bonchev–Trinajstić information content (AvgIpc) is 3.53. The number of hydrogen-bond acceptors (Lipinski definition) is 2. The van der Waals surface area contributed by atoms with Gasteiger partial charge >= 0.3 is 0 Å². The number of para-hydroxylation sites is 1. The van der Waals surface area contributed by atoms with E-state index in [1.165, 1.54) is 55.6 Å². The van der Waals surface area contributed by atoms with Crippen LogP contribution < -0.4 is 9.80 Å². The van der Waals surface area contributed by atoms with Crippen LogP contribution in [-0.2, 0) is 5.41 Å². The molecular formula is C57H44N2. The molecule has 0 bridgehead atoms. The Morgan fingerprint density at radius 1 is 0.254 bits per heavy atom. The van der Waals surface area contributed by atoms with Gasteiger partial charge in [0, 0.05) is 39.5 Å². The van der Waals surface area contributed by atoms with Crippen molar-refractivity contribution in [3.05, 3.63) is 242 Å². The predicted octanol–water partition coefficient (Wildman–Crippen LogP) is 15.9. The first-order chi connectivity index (χ1) is 29.0. The summed E-state index contributed by atoms with van der Waals surface area (Å²) in [6, 6.07) is 83.4. The fourth-order valence-electron chi connectivity index (χ4n) is 8.78. The van der Waals surface area contributed by atoms with Crippen molar-refractivity contribution in [3.63, 3.8) is 0 Å². The summed E-state index contributed by atoms with van der Waals surface area (Å²) in [4.78, 5) is 4.76. The van der Waals surface area contributed by atoms with Gasteiger partial charge in [-0.2, -0.15) is 0 Å². The molecule has 0 fully saturated rings. The third-order valence-corrected chi connectivity index (χ3v) is 11.9. The Bertz CT molecular complexity index is 2760. The van der Waals surface area contributed by atoms with Crippen molar-refractivity contribution < 1.29 is 0 Å². The third-order valence-electron chi connectivity index (χ3n) is 11.9.